The summed E-state index contributed by atoms with van der Waals surface area (Å²) in [5.41, 5.74) is 1.47. The zero-order valence-electron chi connectivity index (χ0n) is 19.4. The van der Waals surface area contributed by atoms with Crippen LogP contribution in [-0.2, 0) is 22.6 Å². The number of carbonyl (C=O) groups is 2. The summed E-state index contributed by atoms with van der Waals surface area (Å²) in [6.07, 6.45) is 1.37. The number of benzene rings is 2. The third-order valence-electron chi connectivity index (χ3n) is 4.93. The Morgan fingerprint density at radius 1 is 1.06 bits per heavy atom. The van der Waals surface area contributed by atoms with E-state index in [9.17, 15) is 9.59 Å². The van der Waals surface area contributed by atoms with Crippen molar-refractivity contribution >= 4 is 35.0 Å². The van der Waals surface area contributed by atoms with E-state index in [0.29, 0.717) is 27.8 Å². The molecular weight excluding hydrogens is 447 g/mol. The molecular formula is C25H32Cl2N2O3. The van der Waals surface area contributed by atoms with Gasteiger partial charge in [-0.3, -0.25) is 9.59 Å². The van der Waals surface area contributed by atoms with Gasteiger partial charge in [-0.1, -0.05) is 55.2 Å². The fourth-order valence-electron chi connectivity index (χ4n) is 3.26. The van der Waals surface area contributed by atoms with Crippen LogP contribution in [0.5, 0.6) is 5.75 Å². The van der Waals surface area contributed by atoms with E-state index in [1.54, 1.807) is 18.2 Å². The molecule has 7 heteroatoms. The standard InChI is InChI=1S/C25H32Cl2N2O3/c1-6-17-8-12-20(13-9-17)32-16-23(30)29(15-18-10-11-19(26)14-21(18)27)22(7-2)24(31)28-25(3,4)5/h8-14,22H,6-7,15-16H2,1-5H3,(H,28,31). The van der Waals surface area contributed by atoms with Crippen LogP contribution in [0.15, 0.2) is 42.5 Å². The summed E-state index contributed by atoms with van der Waals surface area (Å²) in [7, 11) is 0. The number of carbonyl (C=O) groups excluding carboxylic acids is 2. The van der Waals surface area contributed by atoms with Gasteiger partial charge in [0.1, 0.15) is 11.8 Å². The van der Waals surface area contributed by atoms with Gasteiger partial charge in [-0.15, -0.1) is 0 Å². The van der Waals surface area contributed by atoms with Crippen molar-refractivity contribution in [3.63, 3.8) is 0 Å². The molecule has 32 heavy (non-hydrogen) atoms. The lowest BCUT2D eigenvalue weighted by Crippen LogP contribution is -2.54. The fourth-order valence-corrected chi connectivity index (χ4v) is 3.72. The lowest BCUT2D eigenvalue weighted by molar-refractivity contribution is -0.143. The minimum atomic E-state index is -0.667. The first-order chi connectivity index (χ1) is 15.0. The van der Waals surface area contributed by atoms with Crippen LogP contribution >= 0.6 is 23.2 Å². The van der Waals surface area contributed by atoms with E-state index in [2.05, 4.69) is 12.2 Å². The zero-order chi connectivity index (χ0) is 23.9. The quantitative estimate of drug-likeness (QED) is 0.505. The smallest absolute Gasteiger partial charge is 0.261 e. The Kier molecular flexibility index (Phi) is 9.41. The number of nitrogens with zero attached hydrogens (tertiary/aromatic N) is 1. The van der Waals surface area contributed by atoms with E-state index in [1.807, 2.05) is 52.0 Å². The van der Waals surface area contributed by atoms with Gasteiger partial charge in [0.2, 0.25) is 5.91 Å². The van der Waals surface area contributed by atoms with Crippen LogP contribution in [0.1, 0.15) is 52.2 Å². The van der Waals surface area contributed by atoms with Crippen LogP contribution in [0.25, 0.3) is 0 Å². The van der Waals surface area contributed by atoms with Crippen molar-refractivity contribution in [2.45, 2.75) is 65.6 Å². The van der Waals surface area contributed by atoms with Gasteiger partial charge in [0.15, 0.2) is 6.61 Å². The molecule has 2 rings (SSSR count). The van der Waals surface area contributed by atoms with Crippen LogP contribution < -0.4 is 10.1 Å². The highest BCUT2D eigenvalue weighted by Crippen LogP contribution is 2.24. The Morgan fingerprint density at radius 2 is 1.72 bits per heavy atom. The number of hydrogen-bond acceptors (Lipinski definition) is 3. The van der Waals surface area contributed by atoms with Crippen molar-refractivity contribution in [2.24, 2.45) is 0 Å². The van der Waals surface area contributed by atoms with E-state index in [4.69, 9.17) is 27.9 Å². The molecule has 0 fully saturated rings. The Bertz CT molecular complexity index is 924. The molecule has 2 amide bonds. The van der Waals surface area contributed by atoms with E-state index in [0.717, 1.165) is 6.42 Å². The monoisotopic (exact) mass is 478 g/mol. The minimum absolute atomic E-state index is 0.170. The van der Waals surface area contributed by atoms with Crippen molar-refractivity contribution in [1.82, 2.24) is 10.2 Å². The Balaban J connectivity index is 2.25. The highest BCUT2D eigenvalue weighted by molar-refractivity contribution is 6.35. The summed E-state index contributed by atoms with van der Waals surface area (Å²) in [5, 5.41) is 3.92. The first-order valence-corrected chi connectivity index (χ1v) is 11.6. The average molecular weight is 479 g/mol. The van der Waals surface area contributed by atoms with Gasteiger partial charge in [-0.05, 0) is 69.0 Å². The molecule has 1 atom stereocenters. The molecule has 0 aliphatic heterocycles. The number of amides is 2. The highest BCUT2D eigenvalue weighted by atomic mass is 35.5. The summed E-state index contributed by atoms with van der Waals surface area (Å²) in [4.78, 5) is 27.8. The first-order valence-electron chi connectivity index (χ1n) is 10.8. The van der Waals surface area contributed by atoms with Crippen LogP contribution in [-0.4, -0.2) is 34.9 Å². The number of ether oxygens (including phenoxy) is 1. The molecule has 0 aliphatic carbocycles. The number of hydrogen-bond donors (Lipinski definition) is 1. The molecule has 2 aromatic carbocycles. The predicted molar refractivity (Wildman–Crippen MR) is 130 cm³/mol. The second-order valence-electron chi connectivity index (χ2n) is 8.71. The van der Waals surface area contributed by atoms with Gasteiger partial charge < -0.3 is 15.0 Å². The zero-order valence-corrected chi connectivity index (χ0v) is 20.9. The minimum Gasteiger partial charge on any atom is -0.484 e. The topological polar surface area (TPSA) is 58.6 Å². The summed E-state index contributed by atoms with van der Waals surface area (Å²) in [5.74, 6) is 0.0874. The predicted octanol–water partition coefficient (Wildman–Crippen LogP) is 5.66. The molecule has 0 spiro atoms. The van der Waals surface area contributed by atoms with Crippen LogP contribution in [0, 0.1) is 0 Å². The van der Waals surface area contributed by atoms with E-state index >= 15 is 0 Å². The van der Waals surface area contributed by atoms with Crippen molar-refractivity contribution < 1.29 is 14.3 Å². The SMILES string of the molecule is CCc1ccc(OCC(=O)N(Cc2ccc(Cl)cc2Cl)C(CC)C(=O)NC(C)(C)C)cc1. The maximum Gasteiger partial charge on any atom is 0.261 e. The second kappa shape index (κ2) is 11.6. The van der Waals surface area contributed by atoms with Crippen LogP contribution in [0.3, 0.4) is 0 Å². The van der Waals surface area contributed by atoms with Gasteiger partial charge in [-0.25, -0.2) is 0 Å². The molecule has 0 aromatic heterocycles. The molecule has 1 N–H and O–H groups in total. The molecule has 0 bridgehead atoms. The molecule has 1 unspecified atom stereocenters. The van der Waals surface area contributed by atoms with E-state index in [-0.39, 0.29) is 25.0 Å². The third kappa shape index (κ3) is 7.72. The largest absolute Gasteiger partial charge is 0.484 e. The first kappa shape index (κ1) is 26.0. The van der Waals surface area contributed by atoms with Crippen LogP contribution in [0.2, 0.25) is 10.0 Å². The van der Waals surface area contributed by atoms with Crippen molar-refractivity contribution in [1.29, 1.82) is 0 Å². The Morgan fingerprint density at radius 3 is 2.25 bits per heavy atom. The summed E-state index contributed by atoms with van der Waals surface area (Å²) < 4.78 is 5.73. The average Bonchev–Trinajstić information content (AvgIpc) is 2.72. The molecule has 0 aliphatic rings. The van der Waals surface area contributed by atoms with Gasteiger partial charge in [-0.2, -0.15) is 0 Å². The molecule has 2 aromatic rings. The normalized spacial score (nSPS) is 12.2. The summed E-state index contributed by atoms with van der Waals surface area (Å²) in [6, 6.07) is 12.1. The van der Waals surface area contributed by atoms with Gasteiger partial charge in [0, 0.05) is 22.1 Å². The molecule has 0 saturated carbocycles. The number of nitrogens with one attached hydrogen (secondary N) is 1. The maximum atomic E-state index is 13.2. The highest BCUT2D eigenvalue weighted by Gasteiger charge is 2.31. The molecule has 5 nitrogen and oxygen atoms in total. The summed E-state index contributed by atoms with van der Waals surface area (Å²) >= 11 is 12.4. The van der Waals surface area contributed by atoms with Gasteiger partial charge in [0.25, 0.3) is 5.91 Å². The molecule has 174 valence electrons. The van der Waals surface area contributed by atoms with Crippen molar-refractivity contribution in [3.05, 3.63) is 63.6 Å². The number of rotatable bonds is 9. The number of halogens is 2. The van der Waals surface area contributed by atoms with Crippen molar-refractivity contribution in [2.75, 3.05) is 6.61 Å². The molecule has 0 heterocycles. The van der Waals surface area contributed by atoms with Crippen LogP contribution in [0.4, 0.5) is 0 Å². The summed E-state index contributed by atoms with van der Waals surface area (Å²) in [6.45, 7) is 9.65. The van der Waals surface area contributed by atoms with Gasteiger partial charge in [0.05, 0.1) is 0 Å². The lowest BCUT2D eigenvalue weighted by Gasteiger charge is -2.33. The number of aryl methyl sites for hydroxylation is 1. The molecule has 0 radical (unpaired) electrons. The second-order valence-corrected chi connectivity index (χ2v) is 9.55. The van der Waals surface area contributed by atoms with E-state index in [1.165, 1.54) is 10.5 Å². The van der Waals surface area contributed by atoms with E-state index < -0.39 is 11.6 Å². The fraction of sp³-hybridized carbons (Fsp3) is 0.440. The lowest BCUT2D eigenvalue weighted by atomic mass is 10.1. The van der Waals surface area contributed by atoms with Gasteiger partial charge >= 0.3 is 0 Å². The Labute approximate surface area is 201 Å². The Hall–Kier alpha value is -2.24. The maximum absolute atomic E-state index is 13.2. The van der Waals surface area contributed by atoms with Crippen molar-refractivity contribution in [3.8, 4) is 5.75 Å². The third-order valence-corrected chi connectivity index (χ3v) is 5.52. The molecule has 0 saturated heterocycles.